The topological polar surface area (TPSA) is 99.5 Å². The SMILES string of the molecule is O=C(N[C@H](CCO)C(=O)O)c1ccc(C(F)(F)F)nc1. The monoisotopic (exact) mass is 292 g/mol. The zero-order valence-corrected chi connectivity index (χ0v) is 10.0. The van der Waals surface area contributed by atoms with Crippen LogP contribution in [-0.2, 0) is 11.0 Å². The van der Waals surface area contributed by atoms with Crippen molar-refractivity contribution in [3.05, 3.63) is 29.6 Å². The molecule has 1 atom stereocenters. The van der Waals surface area contributed by atoms with E-state index in [1.165, 1.54) is 0 Å². The number of carboxylic acids is 1. The molecule has 0 saturated heterocycles. The zero-order valence-electron chi connectivity index (χ0n) is 10.0. The Morgan fingerprint density at radius 1 is 1.35 bits per heavy atom. The molecule has 0 unspecified atom stereocenters. The smallest absolute Gasteiger partial charge is 0.433 e. The van der Waals surface area contributed by atoms with Gasteiger partial charge in [0.05, 0.1) is 5.56 Å². The van der Waals surface area contributed by atoms with Gasteiger partial charge in [-0.25, -0.2) is 4.79 Å². The van der Waals surface area contributed by atoms with Gasteiger partial charge in [-0.1, -0.05) is 0 Å². The first-order chi connectivity index (χ1) is 9.25. The average molecular weight is 292 g/mol. The van der Waals surface area contributed by atoms with E-state index in [-0.39, 0.29) is 12.0 Å². The maximum Gasteiger partial charge on any atom is 0.433 e. The van der Waals surface area contributed by atoms with Crippen molar-refractivity contribution in [2.45, 2.75) is 18.6 Å². The molecular weight excluding hydrogens is 281 g/mol. The number of rotatable bonds is 5. The van der Waals surface area contributed by atoms with E-state index in [0.717, 1.165) is 6.07 Å². The second kappa shape index (κ2) is 6.33. The van der Waals surface area contributed by atoms with Crippen LogP contribution >= 0.6 is 0 Å². The van der Waals surface area contributed by atoms with Crippen LogP contribution in [0, 0.1) is 0 Å². The molecule has 1 rings (SSSR count). The molecule has 0 radical (unpaired) electrons. The number of aliphatic hydroxyl groups excluding tert-OH is 1. The number of nitrogens with one attached hydrogen (secondary N) is 1. The molecule has 0 spiro atoms. The minimum Gasteiger partial charge on any atom is -0.480 e. The summed E-state index contributed by atoms with van der Waals surface area (Å²) in [5, 5.41) is 19.5. The van der Waals surface area contributed by atoms with Crippen LogP contribution in [0.1, 0.15) is 22.5 Å². The molecular formula is C11H11F3N2O4. The summed E-state index contributed by atoms with van der Waals surface area (Å²) in [6.45, 7) is -0.456. The Bertz CT molecular complexity index is 487. The van der Waals surface area contributed by atoms with Gasteiger partial charge in [0.25, 0.3) is 5.91 Å². The summed E-state index contributed by atoms with van der Waals surface area (Å²) < 4.78 is 36.8. The number of amides is 1. The maximum atomic E-state index is 12.3. The first kappa shape index (κ1) is 15.9. The normalized spacial score (nSPS) is 12.8. The molecule has 1 aromatic heterocycles. The molecule has 110 valence electrons. The molecule has 20 heavy (non-hydrogen) atoms. The molecule has 0 aliphatic rings. The Morgan fingerprint density at radius 3 is 2.40 bits per heavy atom. The van der Waals surface area contributed by atoms with Crippen molar-refractivity contribution in [1.82, 2.24) is 10.3 Å². The summed E-state index contributed by atoms with van der Waals surface area (Å²) in [6, 6.07) is 0.189. The first-order valence-electron chi connectivity index (χ1n) is 5.43. The second-order valence-electron chi connectivity index (χ2n) is 3.81. The highest BCUT2D eigenvalue weighted by Crippen LogP contribution is 2.27. The molecule has 1 heterocycles. The van der Waals surface area contributed by atoms with Crippen LogP contribution in [0.5, 0.6) is 0 Å². The minimum atomic E-state index is -4.62. The molecule has 0 aliphatic heterocycles. The largest absolute Gasteiger partial charge is 0.480 e. The fraction of sp³-hybridized carbons (Fsp3) is 0.364. The number of nitrogens with zero attached hydrogens (tertiary/aromatic N) is 1. The number of halogens is 3. The van der Waals surface area contributed by atoms with Crippen molar-refractivity contribution in [3.63, 3.8) is 0 Å². The summed E-state index contributed by atoms with van der Waals surface area (Å²) in [5.41, 5.74) is -1.36. The van der Waals surface area contributed by atoms with E-state index in [1.54, 1.807) is 0 Å². The number of aliphatic hydroxyl groups is 1. The highest BCUT2D eigenvalue weighted by molar-refractivity contribution is 5.96. The molecule has 0 aromatic carbocycles. The van der Waals surface area contributed by atoms with Crippen molar-refractivity contribution in [3.8, 4) is 0 Å². The molecule has 1 aromatic rings. The Kier molecular flexibility index (Phi) is 5.03. The maximum absolute atomic E-state index is 12.3. The number of carbonyl (C=O) groups excluding carboxylic acids is 1. The summed E-state index contributed by atoms with van der Waals surface area (Å²) in [6.07, 6.45) is -4.12. The lowest BCUT2D eigenvalue weighted by atomic mass is 10.2. The van der Waals surface area contributed by atoms with Crippen LogP contribution in [0.15, 0.2) is 18.3 Å². The van der Waals surface area contributed by atoms with Gasteiger partial charge in [0.1, 0.15) is 11.7 Å². The molecule has 0 fully saturated rings. The number of hydrogen-bond donors (Lipinski definition) is 3. The standard InChI is InChI=1S/C11H11F3N2O4/c12-11(13,14)8-2-1-6(5-15-8)9(18)16-7(3-4-17)10(19)20/h1-2,5,7,17H,3-4H2,(H,16,18)(H,19,20)/t7-/m1/s1. The predicted octanol–water partition coefficient (Wildman–Crippen LogP) is 0.666. The molecule has 0 saturated carbocycles. The Balaban J connectivity index is 2.80. The zero-order chi connectivity index (χ0) is 15.3. The van der Waals surface area contributed by atoms with Crippen LogP contribution in [0.3, 0.4) is 0 Å². The fourth-order valence-corrected chi connectivity index (χ4v) is 1.32. The highest BCUT2D eigenvalue weighted by Gasteiger charge is 2.32. The van der Waals surface area contributed by atoms with E-state index in [1.807, 2.05) is 0 Å². The Morgan fingerprint density at radius 2 is 2.00 bits per heavy atom. The van der Waals surface area contributed by atoms with Crippen LogP contribution in [0.25, 0.3) is 0 Å². The van der Waals surface area contributed by atoms with Gasteiger partial charge in [0, 0.05) is 19.2 Å². The fourth-order valence-electron chi connectivity index (χ4n) is 1.32. The summed E-state index contributed by atoms with van der Waals surface area (Å²) in [5.74, 6) is -2.24. The number of pyridine rings is 1. The molecule has 0 aliphatic carbocycles. The summed E-state index contributed by atoms with van der Waals surface area (Å²) in [4.78, 5) is 25.5. The van der Waals surface area contributed by atoms with E-state index < -0.39 is 36.4 Å². The lowest BCUT2D eigenvalue weighted by Crippen LogP contribution is -2.41. The lowest BCUT2D eigenvalue weighted by molar-refractivity contribution is -0.141. The molecule has 1 amide bonds. The third-order valence-electron chi connectivity index (χ3n) is 2.34. The number of aromatic nitrogens is 1. The van der Waals surface area contributed by atoms with E-state index >= 15 is 0 Å². The van der Waals surface area contributed by atoms with Crippen molar-refractivity contribution < 1.29 is 33.0 Å². The minimum absolute atomic E-state index is 0.206. The number of aliphatic carboxylic acids is 1. The van der Waals surface area contributed by atoms with Crippen molar-refractivity contribution >= 4 is 11.9 Å². The van der Waals surface area contributed by atoms with Crippen LogP contribution in [0.4, 0.5) is 13.2 Å². The van der Waals surface area contributed by atoms with Gasteiger partial charge in [0.2, 0.25) is 0 Å². The van der Waals surface area contributed by atoms with Gasteiger partial charge >= 0.3 is 12.1 Å². The van der Waals surface area contributed by atoms with Crippen LogP contribution < -0.4 is 5.32 Å². The third-order valence-corrected chi connectivity index (χ3v) is 2.34. The Labute approximate surface area is 111 Å². The van der Waals surface area contributed by atoms with E-state index in [9.17, 15) is 22.8 Å². The average Bonchev–Trinajstić information content (AvgIpc) is 2.37. The van der Waals surface area contributed by atoms with Gasteiger partial charge in [0.15, 0.2) is 0 Å². The number of carboxylic acid groups (broad SMARTS) is 1. The van der Waals surface area contributed by atoms with E-state index in [2.05, 4.69) is 10.3 Å². The molecule has 3 N–H and O–H groups in total. The number of carbonyl (C=O) groups is 2. The van der Waals surface area contributed by atoms with Crippen molar-refractivity contribution in [2.75, 3.05) is 6.61 Å². The van der Waals surface area contributed by atoms with Gasteiger partial charge in [-0.05, 0) is 12.1 Å². The second-order valence-corrected chi connectivity index (χ2v) is 3.81. The highest BCUT2D eigenvalue weighted by atomic mass is 19.4. The van der Waals surface area contributed by atoms with Crippen LogP contribution in [-0.4, -0.2) is 39.7 Å². The number of hydrogen-bond acceptors (Lipinski definition) is 4. The van der Waals surface area contributed by atoms with Gasteiger partial charge < -0.3 is 15.5 Å². The quantitative estimate of drug-likeness (QED) is 0.740. The summed E-state index contributed by atoms with van der Waals surface area (Å²) in [7, 11) is 0. The van der Waals surface area contributed by atoms with E-state index in [4.69, 9.17) is 10.2 Å². The van der Waals surface area contributed by atoms with Crippen molar-refractivity contribution in [1.29, 1.82) is 0 Å². The Hall–Kier alpha value is -2.16. The van der Waals surface area contributed by atoms with Gasteiger partial charge in [-0.3, -0.25) is 9.78 Å². The van der Waals surface area contributed by atoms with Crippen LogP contribution in [0.2, 0.25) is 0 Å². The number of alkyl halides is 3. The molecule has 9 heteroatoms. The first-order valence-corrected chi connectivity index (χ1v) is 5.43. The predicted molar refractivity (Wildman–Crippen MR) is 59.8 cm³/mol. The van der Waals surface area contributed by atoms with Gasteiger partial charge in [-0.15, -0.1) is 0 Å². The third kappa shape index (κ3) is 4.19. The van der Waals surface area contributed by atoms with Crippen molar-refractivity contribution in [2.24, 2.45) is 0 Å². The lowest BCUT2D eigenvalue weighted by Gasteiger charge is -2.13. The molecule has 6 nitrogen and oxygen atoms in total. The van der Waals surface area contributed by atoms with E-state index in [0.29, 0.717) is 12.3 Å². The summed E-state index contributed by atoms with van der Waals surface area (Å²) >= 11 is 0. The molecule has 0 bridgehead atoms. The van der Waals surface area contributed by atoms with Gasteiger partial charge in [-0.2, -0.15) is 13.2 Å².